The average molecular weight is 337 g/mol. The molecule has 3 rings (SSSR count). The number of nitrogens with one attached hydrogen (secondary N) is 1. The number of carbonyl (C=O) groups excluding carboxylic acids is 1. The first kappa shape index (κ1) is 16.5. The summed E-state index contributed by atoms with van der Waals surface area (Å²) in [5.74, 6) is 0.547. The molecule has 1 atom stereocenters. The molecule has 2 aromatic rings. The van der Waals surface area contributed by atoms with Gasteiger partial charge in [0.2, 0.25) is 0 Å². The molecule has 1 fully saturated rings. The molecule has 4 nitrogen and oxygen atoms in total. The SMILES string of the molecule is Cc1cnc([C@@H]2CCCN(C(=O)c3cccc(C(F)(F)F)c3)C2)[nH]1. The van der Waals surface area contributed by atoms with Gasteiger partial charge in [0.1, 0.15) is 5.82 Å². The summed E-state index contributed by atoms with van der Waals surface area (Å²) in [4.78, 5) is 21.7. The maximum absolute atomic E-state index is 12.8. The summed E-state index contributed by atoms with van der Waals surface area (Å²) in [5.41, 5.74) is 0.219. The lowest BCUT2D eigenvalue weighted by atomic mass is 9.96. The van der Waals surface area contributed by atoms with E-state index in [1.807, 2.05) is 6.92 Å². The van der Waals surface area contributed by atoms with Crippen LogP contribution in [0.2, 0.25) is 0 Å². The zero-order valence-corrected chi connectivity index (χ0v) is 13.2. The van der Waals surface area contributed by atoms with Crippen molar-refractivity contribution >= 4 is 5.91 Å². The van der Waals surface area contributed by atoms with Crippen LogP contribution in [0, 0.1) is 6.92 Å². The summed E-state index contributed by atoms with van der Waals surface area (Å²) in [6, 6.07) is 4.59. The zero-order chi connectivity index (χ0) is 17.3. The van der Waals surface area contributed by atoms with Gasteiger partial charge in [-0.3, -0.25) is 4.79 Å². The molecule has 7 heteroatoms. The summed E-state index contributed by atoms with van der Waals surface area (Å²) in [6.07, 6.45) is -1.01. The molecule has 0 spiro atoms. The van der Waals surface area contributed by atoms with Crippen LogP contribution in [0.3, 0.4) is 0 Å². The fourth-order valence-electron chi connectivity index (χ4n) is 3.04. The van der Waals surface area contributed by atoms with Crippen LogP contribution in [-0.4, -0.2) is 33.9 Å². The molecule has 0 unspecified atom stereocenters. The molecule has 24 heavy (non-hydrogen) atoms. The number of aromatic nitrogens is 2. The van der Waals surface area contributed by atoms with Gasteiger partial charge in [-0.05, 0) is 38.0 Å². The number of benzene rings is 1. The van der Waals surface area contributed by atoms with Crippen LogP contribution in [-0.2, 0) is 6.18 Å². The number of amides is 1. The molecule has 1 N–H and O–H groups in total. The summed E-state index contributed by atoms with van der Waals surface area (Å²) in [6.45, 7) is 2.91. The second kappa shape index (κ2) is 6.30. The van der Waals surface area contributed by atoms with Crippen LogP contribution < -0.4 is 0 Å². The van der Waals surface area contributed by atoms with Gasteiger partial charge in [-0.25, -0.2) is 4.98 Å². The third-order valence-corrected chi connectivity index (χ3v) is 4.25. The van der Waals surface area contributed by atoms with Crippen LogP contribution >= 0.6 is 0 Å². The highest BCUT2D eigenvalue weighted by Gasteiger charge is 2.32. The maximum Gasteiger partial charge on any atom is 0.416 e. The smallest absolute Gasteiger partial charge is 0.346 e. The minimum Gasteiger partial charge on any atom is -0.346 e. The first-order valence-electron chi connectivity index (χ1n) is 7.82. The summed E-state index contributed by atoms with van der Waals surface area (Å²) in [5, 5.41) is 0. The standard InChI is InChI=1S/C17H18F3N3O/c1-11-9-21-15(22-11)13-5-3-7-23(10-13)16(24)12-4-2-6-14(8-12)17(18,19)20/h2,4,6,8-9,13H,3,5,7,10H2,1H3,(H,21,22)/t13-/m1/s1. The van der Waals surface area contributed by atoms with Crippen LogP contribution in [0.25, 0.3) is 0 Å². The quantitative estimate of drug-likeness (QED) is 0.907. The zero-order valence-electron chi connectivity index (χ0n) is 13.2. The number of carbonyl (C=O) groups is 1. The number of likely N-dealkylation sites (tertiary alicyclic amines) is 1. The lowest BCUT2D eigenvalue weighted by molar-refractivity contribution is -0.137. The average Bonchev–Trinajstić information content (AvgIpc) is 3.00. The lowest BCUT2D eigenvalue weighted by Gasteiger charge is -2.32. The molecule has 1 saturated heterocycles. The second-order valence-electron chi connectivity index (χ2n) is 6.12. The van der Waals surface area contributed by atoms with E-state index in [1.54, 1.807) is 11.1 Å². The van der Waals surface area contributed by atoms with Crippen molar-refractivity contribution < 1.29 is 18.0 Å². The Morgan fingerprint density at radius 2 is 2.17 bits per heavy atom. The monoisotopic (exact) mass is 337 g/mol. The van der Waals surface area contributed by atoms with E-state index >= 15 is 0 Å². The third kappa shape index (κ3) is 3.44. The van der Waals surface area contributed by atoms with Crippen LogP contribution in [0.15, 0.2) is 30.5 Å². The molecule has 1 amide bonds. The number of halogens is 3. The minimum absolute atomic E-state index is 0.0705. The normalized spacial score (nSPS) is 18.7. The van der Waals surface area contributed by atoms with Crippen molar-refractivity contribution in [2.45, 2.75) is 31.9 Å². The number of nitrogens with zero attached hydrogens (tertiary/aromatic N) is 2. The van der Waals surface area contributed by atoms with E-state index in [0.29, 0.717) is 13.1 Å². The van der Waals surface area contributed by atoms with Crippen molar-refractivity contribution in [2.24, 2.45) is 0 Å². The Kier molecular flexibility index (Phi) is 4.34. The van der Waals surface area contributed by atoms with Crippen molar-refractivity contribution in [3.8, 4) is 0 Å². The number of imidazole rings is 1. The Morgan fingerprint density at radius 1 is 1.38 bits per heavy atom. The topological polar surface area (TPSA) is 49.0 Å². The van der Waals surface area contributed by atoms with Gasteiger partial charge in [-0.2, -0.15) is 13.2 Å². The fraction of sp³-hybridized carbons (Fsp3) is 0.412. The first-order valence-corrected chi connectivity index (χ1v) is 7.82. The molecule has 1 aromatic heterocycles. The molecule has 2 heterocycles. The highest BCUT2D eigenvalue weighted by molar-refractivity contribution is 5.94. The van der Waals surface area contributed by atoms with Crippen molar-refractivity contribution in [2.75, 3.05) is 13.1 Å². The highest BCUT2D eigenvalue weighted by Crippen LogP contribution is 2.30. The Morgan fingerprint density at radius 3 is 2.83 bits per heavy atom. The predicted molar refractivity (Wildman–Crippen MR) is 82.6 cm³/mol. The Bertz CT molecular complexity index is 739. The number of aromatic amines is 1. The van der Waals surface area contributed by atoms with E-state index in [1.165, 1.54) is 12.1 Å². The number of alkyl halides is 3. The molecular weight excluding hydrogens is 319 g/mol. The Labute approximate surface area is 137 Å². The molecule has 1 aromatic carbocycles. The van der Waals surface area contributed by atoms with Gasteiger partial charge in [0.05, 0.1) is 5.56 Å². The van der Waals surface area contributed by atoms with E-state index in [-0.39, 0.29) is 17.4 Å². The molecule has 1 aliphatic rings. The Balaban J connectivity index is 1.77. The second-order valence-corrected chi connectivity index (χ2v) is 6.12. The van der Waals surface area contributed by atoms with Gasteiger partial charge in [-0.1, -0.05) is 6.07 Å². The number of aryl methyl sites for hydroxylation is 1. The van der Waals surface area contributed by atoms with Crippen molar-refractivity contribution in [3.63, 3.8) is 0 Å². The number of H-pyrrole nitrogens is 1. The number of hydrogen-bond donors (Lipinski definition) is 1. The van der Waals surface area contributed by atoms with E-state index in [0.717, 1.165) is 36.5 Å². The summed E-state index contributed by atoms with van der Waals surface area (Å²) >= 11 is 0. The van der Waals surface area contributed by atoms with E-state index < -0.39 is 11.7 Å². The molecule has 0 saturated carbocycles. The van der Waals surface area contributed by atoms with Gasteiger partial charge in [0, 0.05) is 36.5 Å². The van der Waals surface area contributed by atoms with Crippen molar-refractivity contribution in [1.29, 1.82) is 0 Å². The highest BCUT2D eigenvalue weighted by atomic mass is 19.4. The fourth-order valence-corrected chi connectivity index (χ4v) is 3.04. The minimum atomic E-state index is -4.45. The largest absolute Gasteiger partial charge is 0.416 e. The van der Waals surface area contributed by atoms with Gasteiger partial charge < -0.3 is 9.88 Å². The predicted octanol–water partition coefficient (Wildman–Crippen LogP) is 3.76. The van der Waals surface area contributed by atoms with Gasteiger partial charge in [0.25, 0.3) is 5.91 Å². The molecule has 128 valence electrons. The summed E-state index contributed by atoms with van der Waals surface area (Å²) in [7, 11) is 0. The molecule has 0 bridgehead atoms. The first-order chi connectivity index (χ1) is 11.3. The molecule has 1 aliphatic heterocycles. The Hall–Kier alpha value is -2.31. The van der Waals surface area contributed by atoms with E-state index in [4.69, 9.17) is 0 Å². The van der Waals surface area contributed by atoms with E-state index in [9.17, 15) is 18.0 Å². The van der Waals surface area contributed by atoms with Crippen LogP contribution in [0.4, 0.5) is 13.2 Å². The van der Waals surface area contributed by atoms with Crippen LogP contribution in [0.1, 0.15) is 46.2 Å². The number of piperidine rings is 1. The third-order valence-electron chi connectivity index (χ3n) is 4.25. The molecular formula is C17H18F3N3O. The van der Waals surface area contributed by atoms with Gasteiger partial charge in [0.15, 0.2) is 0 Å². The van der Waals surface area contributed by atoms with E-state index in [2.05, 4.69) is 9.97 Å². The van der Waals surface area contributed by atoms with Crippen LogP contribution in [0.5, 0.6) is 0 Å². The maximum atomic E-state index is 12.8. The van der Waals surface area contributed by atoms with Gasteiger partial charge in [-0.15, -0.1) is 0 Å². The lowest BCUT2D eigenvalue weighted by Crippen LogP contribution is -2.39. The molecule has 0 radical (unpaired) electrons. The molecule has 0 aliphatic carbocycles. The number of hydrogen-bond acceptors (Lipinski definition) is 2. The van der Waals surface area contributed by atoms with Crippen molar-refractivity contribution in [3.05, 3.63) is 53.1 Å². The summed E-state index contributed by atoms with van der Waals surface area (Å²) < 4.78 is 38.5. The van der Waals surface area contributed by atoms with Crippen molar-refractivity contribution in [1.82, 2.24) is 14.9 Å². The number of rotatable bonds is 2. The van der Waals surface area contributed by atoms with Gasteiger partial charge >= 0.3 is 6.18 Å².